The van der Waals surface area contributed by atoms with Gasteiger partial charge < -0.3 is 15.0 Å². The van der Waals surface area contributed by atoms with E-state index in [1.807, 2.05) is 18.2 Å². The predicted octanol–water partition coefficient (Wildman–Crippen LogP) is 2.27. The molecule has 1 aromatic heterocycles. The summed E-state index contributed by atoms with van der Waals surface area (Å²) in [6, 6.07) is 10.4. The van der Waals surface area contributed by atoms with Crippen molar-refractivity contribution < 1.29 is 9.53 Å². The molecule has 0 spiro atoms. The van der Waals surface area contributed by atoms with Gasteiger partial charge in [-0.15, -0.1) is 0 Å². The van der Waals surface area contributed by atoms with E-state index in [0.717, 1.165) is 6.54 Å². The molecular formula is C18H24N4O2. The van der Waals surface area contributed by atoms with Gasteiger partial charge in [0.1, 0.15) is 0 Å². The highest BCUT2D eigenvalue weighted by molar-refractivity contribution is 5.93. The van der Waals surface area contributed by atoms with Crippen LogP contribution in [0.1, 0.15) is 29.8 Å². The van der Waals surface area contributed by atoms with Crippen molar-refractivity contribution in [3.05, 3.63) is 53.9 Å². The normalized spacial score (nSPS) is 10.7. The second-order valence-electron chi connectivity index (χ2n) is 5.73. The Morgan fingerprint density at radius 2 is 1.88 bits per heavy atom. The number of anilines is 1. The highest BCUT2D eigenvalue weighted by Gasteiger charge is 2.15. The average Bonchev–Trinajstić information content (AvgIpc) is 2.60. The molecule has 2 rings (SSSR count). The summed E-state index contributed by atoms with van der Waals surface area (Å²) in [5.74, 6) is 0.417. The Morgan fingerprint density at radius 3 is 2.46 bits per heavy atom. The molecule has 0 aliphatic carbocycles. The van der Waals surface area contributed by atoms with Crippen molar-refractivity contribution in [1.29, 1.82) is 0 Å². The van der Waals surface area contributed by atoms with E-state index in [-0.39, 0.29) is 11.9 Å². The van der Waals surface area contributed by atoms with E-state index < -0.39 is 0 Å². The molecule has 6 nitrogen and oxygen atoms in total. The van der Waals surface area contributed by atoms with Gasteiger partial charge >= 0.3 is 0 Å². The molecule has 24 heavy (non-hydrogen) atoms. The van der Waals surface area contributed by atoms with Crippen molar-refractivity contribution >= 4 is 11.9 Å². The van der Waals surface area contributed by atoms with E-state index in [9.17, 15) is 4.79 Å². The van der Waals surface area contributed by atoms with Crippen LogP contribution in [0, 0.1) is 0 Å². The van der Waals surface area contributed by atoms with E-state index in [1.54, 1.807) is 19.5 Å². The van der Waals surface area contributed by atoms with Crippen molar-refractivity contribution in [3.8, 4) is 0 Å². The van der Waals surface area contributed by atoms with Gasteiger partial charge in [-0.2, -0.15) is 0 Å². The number of ether oxygens (including phenoxy) is 1. The summed E-state index contributed by atoms with van der Waals surface area (Å²) < 4.78 is 4.91. The molecule has 0 fully saturated rings. The molecule has 0 atom stereocenters. The van der Waals surface area contributed by atoms with E-state index in [2.05, 4.69) is 46.2 Å². The van der Waals surface area contributed by atoms with E-state index in [4.69, 9.17) is 4.74 Å². The molecule has 0 saturated heterocycles. The number of aromatic nitrogens is 2. The summed E-state index contributed by atoms with van der Waals surface area (Å²) >= 11 is 0. The molecule has 1 heterocycles. The Bertz CT molecular complexity index is 629. The summed E-state index contributed by atoms with van der Waals surface area (Å²) in [7, 11) is 1.59. The maximum Gasteiger partial charge on any atom is 0.254 e. The van der Waals surface area contributed by atoms with Gasteiger partial charge in [-0.05, 0) is 19.4 Å². The maximum atomic E-state index is 12.0. The number of carbonyl (C=O) groups excluding carboxylic acids is 1. The standard InChI is InChI=1S/C18H24N4O2/c1-14(2)22(13-15-7-5-4-6-8-15)18-20-11-16(12-21-18)17(23)19-9-10-24-3/h4-8,11-12,14H,9-10,13H2,1-3H3,(H,19,23). The molecule has 0 aliphatic rings. The van der Waals surface area contributed by atoms with Crippen molar-refractivity contribution in [2.75, 3.05) is 25.2 Å². The number of methoxy groups -OCH3 is 1. The number of nitrogens with zero attached hydrogens (tertiary/aromatic N) is 3. The number of hydrogen-bond donors (Lipinski definition) is 1. The van der Waals surface area contributed by atoms with Crippen LogP contribution in [0.4, 0.5) is 5.95 Å². The van der Waals surface area contributed by atoms with Crippen LogP contribution in [0.15, 0.2) is 42.7 Å². The van der Waals surface area contributed by atoms with Gasteiger partial charge in [-0.3, -0.25) is 4.79 Å². The molecule has 0 radical (unpaired) electrons. The first-order valence-electron chi connectivity index (χ1n) is 8.01. The van der Waals surface area contributed by atoms with Crippen molar-refractivity contribution in [2.24, 2.45) is 0 Å². The molecular weight excluding hydrogens is 304 g/mol. The number of hydrogen-bond acceptors (Lipinski definition) is 5. The van der Waals surface area contributed by atoms with Gasteiger partial charge in [0.2, 0.25) is 5.95 Å². The molecule has 0 saturated carbocycles. The van der Waals surface area contributed by atoms with Gasteiger partial charge in [-0.25, -0.2) is 9.97 Å². The monoisotopic (exact) mass is 328 g/mol. The fourth-order valence-corrected chi connectivity index (χ4v) is 2.22. The lowest BCUT2D eigenvalue weighted by atomic mass is 10.2. The summed E-state index contributed by atoms with van der Waals surface area (Å²) in [5.41, 5.74) is 1.63. The van der Waals surface area contributed by atoms with E-state index in [0.29, 0.717) is 24.7 Å². The highest BCUT2D eigenvalue weighted by Crippen LogP contribution is 2.15. The fourth-order valence-electron chi connectivity index (χ4n) is 2.22. The van der Waals surface area contributed by atoms with Crippen LogP contribution >= 0.6 is 0 Å². The van der Waals surface area contributed by atoms with Gasteiger partial charge in [0, 0.05) is 38.6 Å². The molecule has 128 valence electrons. The predicted molar refractivity (Wildman–Crippen MR) is 94.0 cm³/mol. The topological polar surface area (TPSA) is 67.3 Å². The zero-order valence-corrected chi connectivity index (χ0v) is 14.4. The summed E-state index contributed by atoms with van der Waals surface area (Å²) in [6.45, 7) is 5.85. The van der Waals surface area contributed by atoms with E-state index >= 15 is 0 Å². The van der Waals surface area contributed by atoms with Gasteiger partial charge in [0.05, 0.1) is 12.2 Å². The largest absolute Gasteiger partial charge is 0.383 e. The van der Waals surface area contributed by atoms with Crippen LogP contribution in [0.25, 0.3) is 0 Å². The smallest absolute Gasteiger partial charge is 0.254 e. The van der Waals surface area contributed by atoms with E-state index in [1.165, 1.54) is 5.56 Å². The zero-order valence-electron chi connectivity index (χ0n) is 14.4. The maximum absolute atomic E-state index is 12.0. The molecule has 6 heteroatoms. The van der Waals surface area contributed by atoms with Crippen LogP contribution < -0.4 is 10.2 Å². The number of carbonyl (C=O) groups is 1. The Kier molecular flexibility index (Phi) is 6.69. The third kappa shape index (κ3) is 5.03. The lowest BCUT2D eigenvalue weighted by molar-refractivity contribution is 0.0936. The van der Waals surface area contributed by atoms with Crippen LogP contribution in [-0.4, -0.2) is 42.2 Å². The third-order valence-corrected chi connectivity index (χ3v) is 3.57. The molecule has 0 aliphatic heterocycles. The second kappa shape index (κ2) is 8.98. The van der Waals surface area contributed by atoms with Crippen LogP contribution in [0.3, 0.4) is 0 Å². The first-order chi connectivity index (χ1) is 11.6. The van der Waals surface area contributed by atoms with Crippen LogP contribution in [0.5, 0.6) is 0 Å². The SMILES string of the molecule is COCCNC(=O)c1cnc(N(Cc2ccccc2)C(C)C)nc1. The summed E-state index contributed by atoms with van der Waals surface area (Å²) in [4.78, 5) is 22.8. The Balaban J connectivity index is 2.07. The number of amides is 1. The third-order valence-electron chi connectivity index (χ3n) is 3.57. The molecule has 0 bridgehead atoms. The summed E-state index contributed by atoms with van der Waals surface area (Å²) in [5, 5.41) is 2.75. The number of nitrogens with one attached hydrogen (secondary N) is 1. The number of benzene rings is 1. The minimum absolute atomic E-state index is 0.197. The minimum atomic E-state index is -0.197. The highest BCUT2D eigenvalue weighted by atomic mass is 16.5. The first-order valence-corrected chi connectivity index (χ1v) is 8.01. The lowest BCUT2D eigenvalue weighted by Gasteiger charge is -2.26. The van der Waals surface area contributed by atoms with Gasteiger partial charge in [-0.1, -0.05) is 30.3 Å². The second-order valence-corrected chi connectivity index (χ2v) is 5.73. The number of rotatable bonds is 8. The van der Waals surface area contributed by atoms with Crippen molar-refractivity contribution in [1.82, 2.24) is 15.3 Å². The molecule has 1 aromatic carbocycles. The van der Waals surface area contributed by atoms with Gasteiger partial charge in [0.25, 0.3) is 5.91 Å². The molecule has 2 aromatic rings. The Labute approximate surface area is 142 Å². The lowest BCUT2D eigenvalue weighted by Crippen LogP contribution is -2.32. The molecule has 0 unspecified atom stereocenters. The Hall–Kier alpha value is -2.47. The summed E-state index contributed by atoms with van der Waals surface area (Å²) in [6.07, 6.45) is 3.12. The first kappa shape index (κ1) is 17.9. The fraction of sp³-hybridized carbons (Fsp3) is 0.389. The Morgan fingerprint density at radius 1 is 1.21 bits per heavy atom. The van der Waals surface area contributed by atoms with Crippen molar-refractivity contribution in [3.63, 3.8) is 0 Å². The van der Waals surface area contributed by atoms with Gasteiger partial charge in [0.15, 0.2) is 0 Å². The average molecular weight is 328 g/mol. The quantitative estimate of drug-likeness (QED) is 0.753. The molecule has 1 amide bonds. The zero-order chi connectivity index (χ0) is 17.4. The van der Waals surface area contributed by atoms with Crippen molar-refractivity contribution in [2.45, 2.75) is 26.4 Å². The van der Waals surface area contributed by atoms with Crippen LogP contribution in [0.2, 0.25) is 0 Å². The molecule has 1 N–H and O–H groups in total. The minimum Gasteiger partial charge on any atom is -0.383 e. The van der Waals surface area contributed by atoms with Crippen LogP contribution in [-0.2, 0) is 11.3 Å².